The van der Waals surface area contributed by atoms with E-state index in [1.54, 1.807) is 18.5 Å². The first-order valence-electron chi connectivity index (χ1n) is 5.83. The summed E-state index contributed by atoms with van der Waals surface area (Å²) in [7, 11) is 0. The Labute approximate surface area is 119 Å². The molecule has 1 aromatic carbocycles. The highest BCUT2D eigenvalue weighted by atomic mass is 79.9. The molecule has 100 valence electrons. The SMILES string of the molecule is CCNCc1cnc(Oc2cc(F)ccc2Br)nc1. The molecular weight excluding hydrogens is 313 g/mol. The molecule has 1 heterocycles. The Balaban J connectivity index is 2.08. The summed E-state index contributed by atoms with van der Waals surface area (Å²) in [5.41, 5.74) is 0.965. The van der Waals surface area contributed by atoms with Crippen LogP contribution in [0, 0.1) is 5.82 Å². The van der Waals surface area contributed by atoms with Gasteiger partial charge in [0.25, 0.3) is 0 Å². The van der Waals surface area contributed by atoms with Crippen molar-refractivity contribution in [1.29, 1.82) is 0 Å². The Bertz CT molecular complexity index is 548. The number of ether oxygens (including phenoxy) is 1. The first kappa shape index (κ1) is 13.9. The maximum Gasteiger partial charge on any atom is 0.321 e. The fourth-order valence-electron chi connectivity index (χ4n) is 1.41. The molecular formula is C13H13BrFN3O. The van der Waals surface area contributed by atoms with Crippen LogP contribution in [0.4, 0.5) is 4.39 Å². The van der Waals surface area contributed by atoms with Crippen LogP contribution in [-0.4, -0.2) is 16.5 Å². The van der Waals surface area contributed by atoms with Crippen molar-refractivity contribution in [3.8, 4) is 11.8 Å². The van der Waals surface area contributed by atoms with Gasteiger partial charge in [-0.05, 0) is 34.6 Å². The lowest BCUT2D eigenvalue weighted by Crippen LogP contribution is -2.12. The first-order chi connectivity index (χ1) is 9.19. The van der Waals surface area contributed by atoms with Crippen molar-refractivity contribution in [3.63, 3.8) is 0 Å². The molecule has 0 aliphatic heterocycles. The molecule has 2 rings (SSSR count). The molecule has 6 heteroatoms. The number of hydrogen-bond donors (Lipinski definition) is 1. The van der Waals surface area contributed by atoms with Gasteiger partial charge >= 0.3 is 6.01 Å². The van der Waals surface area contributed by atoms with E-state index in [1.165, 1.54) is 12.1 Å². The van der Waals surface area contributed by atoms with E-state index in [0.717, 1.165) is 12.1 Å². The number of nitrogens with zero attached hydrogens (tertiary/aromatic N) is 2. The van der Waals surface area contributed by atoms with Crippen LogP contribution < -0.4 is 10.1 Å². The smallest absolute Gasteiger partial charge is 0.321 e. The highest BCUT2D eigenvalue weighted by molar-refractivity contribution is 9.10. The summed E-state index contributed by atoms with van der Waals surface area (Å²) in [6.45, 7) is 3.62. The van der Waals surface area contributed by atoms with Crippen molar-refractivity contribution in [2.45, 2.75) is 13.5 Å². The standard InChI is InChI=1S/C13H13BrFN3O/c1-2-16-6-9-7-17-13(18-8-9)19-12-5-10(15)3-4-11(12)14/h3-5,7-8,16H,2,6H2,1H3. The fraction of sp³-hybridized carbons (Fsp3) is 0.231. The molecule has 19 heavy (non-hydrogen) atoms. The molecule has 0 aliphatic carbocycles. The van der Waals surface area contributed by atoms with Crippen molar-refractivity contribution in [1.82, 2.24) is 15.3 Å². The van der Waals surface area contributed by atoms with Crippen LogP contribution in [0.3, 0.4) is 0 Å². The molecule has 0 saturated carbocycles. The Kier molecular flexibility index (Phi) is 4.81. The quantitative estimate of drug-likeness (QED) is 0.916. The van der Waals surface area contributed by atoms with E-state index in [9.17, 15) is 4.39 Å². The zero-order chi connectivity index (χ0) is 13.7. The van der Waals surface area contributed by atoms with Crippen LogP contribution >= 0.6 is 15.9 Å². The summed E-state index contributed by atoms with van der Waals surface area (Å²) in [5.74, 6) is -0.0265. The van der Waals surface area contributed by atoms with Gasteiger partial charge in [0, 0.05) is 30.6 Å². The minimum absolute atomic E-state index is 0.187. The van der Waals surface area contributed by atoms with Crippen molar-refractivity contribution in [2.24, 2.45) is 0 Å². The van der Waals surface area contributed by atoms with Crippen LogP contribution in [0.15, 0.2) is 35.1 Å². The van der Waals surface area contributed by atoms with Crippen molar-refractivity contribution < 1.29 is 9.13 Å². The number of aromatic nitrogens is 2. The normalized spacial score (nSPS) is 10.5. The van der Waals surface area contributed by atoms with E-state index in [1.807, 2.05) is 6.92 Å². The summed E-state index contributed by atoms with van der Waals surface area (Å²) in [4.78, 5) is 8.16. The Morgan fingerprint density at radius 2 is 2.05 bits per heavy atom. The predicted molar refractivity (Wildman–Crippen MR) is 73.6 cm³/mol. The van der Waals surface area contributed by atoms with E-state index in [4.69, 9.17) is 4.74 Å². The first-order valence-corrected chi connectivity index (χ1v) is 6.63. The fourth-order valence-corrected chi connectivity index (χ4v) is 1.74. The number of benzene rings is 1. The molecule has 0 amide bonds. The number of nitrogens with one attached hydrogen (secondary N) is 1. The van der Waals surface area contributed by atoms with Gasteiger partial charge in [0.15, 0.2) is 0 Å². The predicted octanol–water partition coefficient (Wildman–Crippen LogP) is 3.28. The third kappa shape index (κ3) is 3.97. The third-order valence-corrected chi connectivity index (χ3v) is 3.01. The maximum atomic E-state index is 13.1. The minimum Gasteiger partial charge on any atom is -0.423 e. The molecule has 0 aliphatic rings. The van der Waals surface area contributed by atoms with Gasteiger partial charge in [-0.2, -0.15) is 0 Å². The summed E-state index contributed by atoms with van der Waals surface area (Å²) in [6.07, 6.45) is 3.36. The summed E-state index contributed by atoms with van der Waals surface area (Å²) in [5, 5.41) is 3.17. The van der Waals surface area contributed by atoms with Gasteiger partial charge in [-0.25, -0.2) is 14.4 Å². The van der Waals surface area contributed by atoms with Crippen molar-refractivity contribution in [3.05, 3.63) is 46.4 Å². The highest BCUT2D eigenvalue weighted by Crippen LogP contribution is 2.28. The van der Waals surface area contributed by atoms with Crippen LogP contribution in [0.25, 0.3) is 0 Å². The Morgan fingerprint density at radius 3 is 2.74 bits per heavy atom. The Morgan fingerprint density at radius 1 is 1.32 bits per heavy atom. The largest absolute Gasteiger partial charge is 0.423 e. The van der Waals surface area contributed by atoms with Crippen LogP contribution in [0.5, 0.6) is 11.8 Å². The monoisotopic (exact) mass is 325 g/mol. The van der Waals surface area contributed by atoms with Crippen LogP contribution in [0.1, 0.15) is 12.5 Å². The molecule has 0 fully saturated rings. The molecule has 1 aromatic heterocycles. The molecule has 0 unspecified atom stereocenters. The molecule has 4 nitrogen and oxygen atoms in total. The molecule has 0 spiro atoms. The second-order valence-electron chi connectivity index (χ2n) is 3.83. The van der Waals surface area contributed by atoms with Gasteiger partial charge in [-0.3, -0.25) is 0 Å². The van der Waals surface area contributed by atoms with E-state index < -0.39 is 0 Å². The lowest BCUT2D eigenvalue weighted by atomic mass is 10.3. The van der Waals surface area contributed by atoms with E-state index in [2.05, 4.69) is 31.2 Å². The lowest BCUT2D eigenvalue weighted by Gasteiger charge is -2.06. The maximum absolute atomic E-state index is 13.1. The summed E-state index contributed by atoms with van der Waals surface area (Å²) in [6, 6.07) is 4.38. The second-order valence-corrected chi connectivity index (χ2v) is 4.69. The number of hydrogen-bond acceptors (Lipinski definition) is 4. The second kappa shape index (κ2) is 6.58. The van der Waals surface area contributed by atoms with E-state index >= 15 is 0 Å². The van der Waals surface area contributed by atoms with Gasteiger partial charge < -0.3 is 10.1 Å². The Hall–Kier alpha value is -1.53. The van der Waals surface area contributed by atoms with E-state index in [0.29, 0.717) is 16.8 Å². The molecule has 0 atom stereocenters. The average molecular weight is 326 g/mol. The third-order valence-electron chi connectivity index (χ3n) is 2.36. The zero-order valence-corrected chi connectivity index (χ0v) is 11.9. The number of halogens is 2. The molecule has 0 saturated heterocycles. The molecule has 1 N–H and O–H groups in total. The van der Waals surface area contributed by atoms with Crippen LogP contribution in [0.2, 0.25) is 0 Å². The van der Waals surface area contributed by atoms with Gasteiger partial charge in [0.1, 0.15) is 11.6 Å². The van der Waals surface area contributed by atoms with Gasteiger partial charge in [0.05, 0.1) is 4.47 Å². The van der Waals surface area contributed by atoms with Crippen molar-refractivity contribution in [2.75, 3.05) is 6.54 Å². The number of rotatable bonds is 5. The minimum atomic E-state index is -0.373. The topological polar surface area (TPSA) is 47.0 Å². The molecule has 2 aromatic rings. The van der Waals surface area contributed by atoms with Crippen molar-refractivity contribution >= 4 is 15.9 Å². The van der Waals surface area contributed by atoms with E-state index in [-0.39, 0.29) is 11.8 Å². The van der Waals surface area contributed by atoms with Gasteiger partial charge in [0.2, 0.25) is 0 Å². The zero-order valence-electron chi connectivity index (χ0n) is 10.4. The summed E-state index contributed by atoms with van der Waals surface area (Å²) >= 11 is 3.28. The summed E-state index contributed by atoms with van der Waals surface area (Å²) < 4.78 is 19.2. The van der Waals surface area contributed by atoms with Gasteiger partial charge in [-0.1, -0.05) is 6.92 Å². The van der Waals surface area contributed by atoms with Gasteiger partial charge in [-0.15, -0.1) is 0 Å². The molecule has 0 radical (unpaired) electrons. The molecule has 0 bridgehead atoms. The lowest BCUT2D eigenvalue weighted by molar-refractivity contribution is 0.434. The van der Waals surface area contributed by atoms with Crippen LogP contribution in [-0.2, 0) is 6.54 Å². The average Bonchev–Trinajstić information content (AvgIpc) is 2.42. The highest BCUT2D eigenvalue weighted by Gasteiger charge is 2.06.